The van der Waals surface area contributed by atoms with Gasteiger partial charge in [0.1, 0.15) is 11.5 Å². The lowest BCUT2D eigenvalue weighted by Crippen LogP contribution is -2.24. The van der Waals surface area contributed by atoms with E-state index in [-0.39, 0.29) is 16.7 Å². The molecule has 0 aromatic heterocycles. The quantitative estimate of drug-likeness (QED) is 0.638. The van der Waals surface area contributed by atoms with Crippen LogP contribution >= 0.6 is 15.9 Å². The Kier molecular flexibility index (Phi) is 3.44. The van der Waals surface area contributed by atoms with Crippen LogP contribution in [0.25, 0.3) is 0 Å². The topological polar surface area (TPSA) is 92.5 Å². The van der Waals surface area contributed by atoms with Gasteiger partial charge in [0.05, 0.1) is 20.9 Å². The summed E-state index contributed by atoms with van der Waals surface area (Å²) >= 11 is 2.94. The minimum Gasteiger partial charge on any atom is -0.481 e. The fourth-order valence-corrected chi connectivity index (χ4v) is 2.05. The van der Waals surface area contributed by atoms with Gasteiger partial charge in [0.15, 0.2) is 0 Å². The van der Waals surface area contributed by atoms with E-state index >= 15 is 0 Å². The molecule has 0 bridgehead atoms. The number of nitrogens with zero attached hydrogens (tertiary/aromatic N) is 1. The summed E-state index contributed by atoms with van der Waals surface area (Å²) in [5, 5.41) is 22.6. The molecule has 0 aliphatic heterocycles. The molecule has 0 amide bonds. The molecule has 0 unspecified atom stereocenters. The zero-order valence-electron chi connectivity index (χ0n) is 9.65. The van der Waals surface area contributed by atoms with Gasteiger partial charge in [-0.3, -0.25) is 14.9 Å². The highest BCUT2D eigenvalue weighted by molar-refractivity contribution is 9.10. The minimum absolute atomic E-state index is 0.0840. The Bertz CT molecular complexity index is 560. The van der Waals surface area contributed by atoms with E-state index in [9.17, 15) is 19.3 Å². The van der Waals surface area contributed by atoms with E-state index in [1.54, 1.807) is 0 Å². The molecule has 2 rings (SSSR count). The normalized spacial score (nSPS) is 15.9. The summed E-state index contributed by atoms with van der Waals surface area (Å²) in [6.45, 7) is 0.0846. The average Bonchev–Trinajstić information content (AvgIpc) is 3.11. The molecular formula is C11H10BrFN2O4. The number of carboxylic acids is 1. The molecule has 102 valence electrons. The molecule has 1 aromatic rings. The number of halogens is 2. The molecule has 0 heterocycles. The van der Waals surface area contributed by atoms with Gasteiger partial charge in [-0.2, -0.15) is 0 Å². The first kappa shape index (κ1) is 13.7. The minimum atomic E-state index is -0.927. The van der Waals surface area contributed by atoms with Crippen LogP contribution in [0.1, 0.15) is 12.8 Å². The molecule has 0 radical (unpaired) electrons. The summed E-state index contributed by atoms with van der Waals surface area (Å²) in [7, 11) is 0. The molecule has 19 heavy (non-hydrogen) atoms. The largest absolute Gasteiger partial charge is 0.481 e. The highest BCUT2D eigenvalue weighted by Crippen LogP contribution is 2.46. The van der Waals surface area contributed by atoms with Crippen molar-refractivity contribution in [3.8, 4) is 0 Å². The molecule has 8 heteroatoms. The highest BCUT2D eigenvalue weighted by atomic mass is 79.9. The second-order valence-corrected chi connectivity index (χ2v) is 5.33. The van der Waals surface area contributed by atoms with Crippen molar-refractivity contribution in [1.82, 2.24) is 0 Å². The lowest BCUT2D eigenvalue weighted by atomic mass is 10.1. The SMILES string of the molecule is O=C(O)C1(CNc2cc(Br)c(F)cc2[N+](=O)[O-])CC1. The molecule has 1 aliphatic carbocycles. The first-order valence-electron chi connectivity index (χ1n) is 5.46. The van der Waals surface area contributed by atoms with Gasteiger partial charge in [0.2, 0.25) is 0 Å². The van der Waals surface area contributed by atoms with Crippen molar-refractivity contribution in [2.24, 2.45) is 5.41 Å². The monoisotopic (exact) mass is 332 g/mol. The van der Waals surface area contributed by atoms with Crippen molar-refractivity contribution in [1.29, 1.82) is 0 Å². The Hall–Kier alpha value is -1.70. The predicted molar refractivity (Wildman–Crippen MR) is 68.5 cm³/mol. The Morgan fingerprint density at radius 3 is 2.68 bits per heavy atom. The first-order chi connectivity index (χ1) is 8.85. The van der Waals surface area contributed by atoms with Gasteiger partial charge in [0, 0.05) is 6.54 Å². The Morgan fingerprint density at radius 1 is 1.58 bits per heavy atom. The number of nitrogens with one attached hydrogen (secondary N) is 1. The van der Waals surface area contributed by atoms with Crippen molar-refractivity contribution in [3.63, 3.8) is 0 Å². The number of nitro benzene ring substituents is 1. The Morgan fingerprint density at radius 2 is 2.21 bits per heavy atom. The predicted octanol–water partition coefficient (Wildman–Crippen LogP) is 2.77. The van der Waals surface area contributed by atoms with Gasteiger partial charge in [-0.1, -0.05) is 0 Å². The van der Waals surface area contributed by atoms with Crippen LogP contribution in [0, 0.1) is 21.3 Å². The van der Waals surface area contributed by atoms with Crippen molar-refractivity contribution < 1.29 is 19.2 Å². The average molecular weight is 333 g/mol. The van der Waals surface area contributed by atoms with Crippen molar-refractivity contribution in [2.45, 2.75) is 12.8 Å². The number of hydrogen-bond donors (Lipinski definition) is 2. The molecular weight excluding hydrogens is 323 g/mol. The third kappa shape index (κ3) is 2.67. The van der Waals surface area contributed by atoms with Crippen LogP contribution in [-0.4, -0.2) is 22.5 Å². The van der Waals surface area contributed by atoms with Crippen LogP contribution < -0.4 is 5.32 Å². The van der Waals surface area contributed by atoms with Gasteiger partial charge >= 0.3 is 5.97 Å². The number of rotatable bonds is 5. The maximum absolute atomic E-state index is 13.3. The zero-order chi connectivity index (χ0) is 14.2. The van der Waals surface area contributed by atoms with E-state index in [0.29, 0.717) is 12.8 Å². The van der Waals surface area contributed by atoms with Crippen LogP contribution in [0.4, 0.5) is 15.8 Å². The van der Waals surface area contributed by atoms with E-state index in [1.165, 1.54) is 6.07 Å². The third-order valence-corrected chi connectivity index (χ3v) is 3.77. The fourth-order valence-electron chi connectivity index (χ4n) is 1.71. The summed E-state index contributed by atoms with van der Waals surface area (Å²) < 4.78 is 13.3. The molecule has 1 fully saturated rings. The van der Waals surface area contributed by atoms with Crippen LogP contribution in [0.2, 0.25) is 0 Å². The number of nitro groups is 1. The van der Waals surface area contributed by atoms with Crippen LogP contribution in [0.5, 0.6) is 0 Å². The molecule has 0 spiro atoms. The standard InChI is InChI=1S/C11H10BrFN2O4/c12-6-3-8(9(15(18)19)4-7(6)13)14-5-11(1-2-11)10(16)17/h3-4,14H,1-2,5H2,(H,16,17). The van der Waals surface area contributed by atoms with Crippen molar-refractivity contribution >= 4 is 33.3 Å². The van der Waals surface area contributed by atoms with Crippen molar-refractivity contribution in [2.75, 3.05) is 11.9 Å². The van der Waals surface area contributed by atoms with Gasteiger partial charge in [-0.05, 0) is 34.8 Å². The third-order valence-electron chi connectivity index (χ3n) is 3.16. The molecule has 6 nitrogen and oxygen atoms in total. The lowest BCUT2D eigenvalue weighted by Gasteiger charge is -2.12. The van der Waals surface area contributed by atoms with E-state index < -0.39 is 27.8 Å². The summed E-state index contributed by atoms with van der Waals surface area (Å²) in [6, 6.07) is 2.04. The van der Waals surface area contributed by atoms with Crippen LogP contribution in [0.15, 0.2) is 16.6 Å². The van der Waals surface area contributed by atoms with Gasteiger partial charge in [-0.15, -0.1) is 0 Å². The maximum Gasteiger partial charge on any atom is 0.311 e. The first-order valence-corrected chi connectivity index (χ1v) is 6.26. The molecule has 1 saturated carbocycles. The maximum atomic E-state index is 13.3. The summed E-state index contributed by atoms with van der Waals surface area (Å²) in [5.41, 5.74) is -1.16. The summed E-state index contributed by atoms with van der Waals surface area (Å²) in [6.07, 6.45) is 1.07. The van der Waals surface area contributed by atoms with Crippen LogP contribution in [-0.2, 0) is 4.79 Å². The number of aliphatic carboxylic acids is 1. The van der Waals surface area contributed by atoms with E-state index in [2.05, 4.69) is 21.2 Å². The molecule has 0 saturated heterocycles. The van der Waals surface area contributed by atoms with E-state index in [4.69, 9.17) is 5.11 Å². The second-order valence-electron chi connectivity index (χ2n) is 4.48. The Labute approximate surface area is 115 Å². The van der Waals surface area contributed by atoms with Gasteiger partial charge in [-0.25, -0.2) is 4.39 Å². The number of carboxylic acid groups (broad SMARTS) is 1. The van der Waals surface area contributed by atoms with Gasteiger partial charge in [0.25, 0.3) is 5.69 Å². The smallest absolute Gasteiger partial charge is 0.311 e. The van der Waals surface area contributed by atoms with Gasteiger partial charge < -0.3 is 10.4 Å². The number of benzene rings is 1. The highest BCUT2D eigenvalue weighted by Gasteiger charge is 2.50. The zero-order valence-corrected chi connectivity index (χ0v) is 11.2. The van der Waals surface area contributed by atoms with E-state index in [1.807, 2.05) is 0 Å². The Balaban J connectivity index is 2.22. The molecule has 0 atom stereocenters. The van der Waals surface area contributed by atoms with E-state index in [0.717, 1.165) is 6.07 Å². The fraction of sp³-hybridized carbons (Fsp3) is 0.364. The van der Waals surface area contributed by atoms with Crippen LogP contribution in [0.3, 0.4) is 0 Å². The second kappa shape index (κ2) is 4.76. The number of carbonyl (C=O) groups is 1. The summed E-state index contributed by atoms with van der Waals surface area (Å²) in [4.78, 5) is 21.1. The lowest BCUT2D eigenvalue weighted by molar-refractivity contribution is -0.384. The van der Waals surface area contributed by atoms with Crippen molar-refractivity contribution in [3.05, 3.63) is 32.5 Å². The molecule has 1 aromatic carbocycles. The molecule has 2 N–H and O–H groups in total. The number of hydrogen-bond acceptors (Lipinski definition) is 4. The summed E-state index contributed by atoms with van der Waals surface area (Å²) in [5.74, 6) is -1.67. The number of anilines is 1. The molecule has 1 aliphatic rings.